The summed E-state index contributed by atoms with van der Waals surface area (Å²) in [5, 5.41) is 18.4. The average Bonchev–Trinajstić information content (AvgIpc) is 2.69. The molecule has 5 heterocycles. The molecule has 0 unspecified atom stereocenters. The molecule has 9 nitrogen and oxygen atoms in total. The minimum atomic E-state index is -1.51. The van der Waals surface area contributed by atoms with Crippen LogP contribution in [0.2, 0.25) is 0 Å². The number of hydrogen-bond acceptors (Lipinski definition) is 7. The summed E-state index contributed by atoms with van der Waals surface area (Å²) in [5.74, 6) is 0.424. The Bertz CT molecular complexity index is 1090. The van der Waals surface area contributed by atoms with Crippen molar-refractivity contribution in [1.29, 1.82) is 5.26 Å². The molecule has 10 heteroatoms. The topological polar surface area (TPSA) is 123 Å². The van der Waals surface area contributed by atoms with Gasteiger partial charge in [-0.2, -0.15) is 5.26 Å². The fourth-order valence-electron chi connectivity index (χ4n) is 4.10. The number of halogens is 1. The summed E-state index contributed by atoms with van der Waals surface area (Å²) >= 11 is 0. The van der Waals surface area contributed by atoms with Crippen molar-refractivity contribution in [1.82, 2.24) is 15.3 Å². The van der Waals surface area contributed by atoms with E-state index in [-0.39, 0.29) is 42.3 Å². The van der Waals surface area contributed by atoms with E-state index in [0.717, 1.165) is 13.1 Å². The van der Waals surface area contributed by atoms with Gasteiger partial charge in [0.2, 0.25) is 0 Å². The lowest BCUT2D eigenvalue weighted by molar-refractivity contribution is 0.0284. The van der Waals surface area contributed by atoms with Crippen molar-refractivity contribution in [3.63, 3.8) is 0 Å². The van der Waals surface area contributed by atoms with Crippen LogP contribution in [0.5, 0.6) is 0 Å². The second kappa shape index (κ2) is 6.74. The van der Waals surface area contributed by atoms with Gasteiger partial charge in [0.15, 0.2) is 6.29 Å². The van der Waals surface area contributed by atoms with Crippen LogP contribution in [-0.2, 0) is 5.67 Å². The predicted molar refractivity (Wildman–Crippen MR) is 106 cm³/mol. The van der Waals surface area contributed by atoms with Gasteiger partial charge >= 0.3 is 6.03 Å². The van der Waals surface area contributed by atoms with E-state index >= 15 is 0 Å². The molecule has 3 aliphatic heterocycles. The molecule has 1 saturated heterocycles. The lowest BCUT2D eigenvalue weighted by atomic mass is 9.69. The van der Waals surface area contributed by atoms with Gasteiger partial charge in [0.05, 0.1) is 17.3 Å². The van der Waals surface area contributed by atoms with Crippen molar-refractivity contribution in [2.45, 2.75) is 30.6 Å². The molecule has 0 aromatic carbocycles. The summed E-state index contributed by atoms with van der Waals surface area (Å²) in [4.78, 5) is 33.9. The number of nitrogens with zero attached hydrogens (tertiary/aromatic N) is 4. The van der Waals surface area contributed by atoms with Gasteiger partial charge < -0.3 is 10.6 Å². The summed E-state index contributed by atoms with van der Waals surface area (Å²) in [7, 11) is 0. The third-order valence-corrected chi connectivity index (χ3v) is 5.83. The quantitative estimate of drug-likeness (QED) is 0.662. The lowest BCUT2D eigenvalue weighted by Crippen LogP contribution is -2.60. The monoisotopic (exact) mass is 407 g/mol. The van der Waals surface area contributed by atoms with Gasteiger partial charge in [-0.1, -0.05) is 0 Å². The number of nitrogens with one attached hydrogen (secondary N) is 3. The van der Waals surface area contributed by atoms with E-state index in [9.17, 15) is 19.2 Å². The number of alkyl halides is 1. The van der Waals surface area contributed by atoms with E-state index < -0.39 is 11.7 Å². The standard InChI is InChI=1S/C20H18FN7O2/c21-20-4-14(5-20)28(18-15(20)2-1-12(10-29)26-18)19(30)27-17-3-16(11(6-22)7-24-17)25-13-8-23-9-13/h1-3,7,10,13-14,23H,4-5,8-9H2,(H2,24,25,27,30). The number of carbonyl (C=O) groups is 2. The Morgan fingerprint density at radius 3 is 2.87 bits per heavy atom. The average molecular weight is 407 g/mol. The highest BCUT2D eigenvalue weighted by Crippen LogP contribution is 2.55. The summed E-state index contributed by atoms with van der Waals surface area (Å²) in [6.07, 6.45) is 2.35. The molecule has 0 spiro atoms. The molecular weight excluding hydrogens is 389 g/mol. The minimum Gasteiger partial charge on any atom is -0.379 e. The van der Waals surface area contributed by atoms with Crippen LogP contribution in [0.25, 0.3) is 0 Å². The maximum Gasteiger partial charge on any atom is 0.328 e. The maximum absolute atomic E-state index is 15.0. The number of anilines is 3. The number of carbonyl (C=O) groups excluding carboxylic acids is 2. The van der Waals surface area contributed by atoms with Crippen molar-refractivity contribution in [2.24, 2.45) is 0 Å². The highest BCUT2D eigenvalue weighted by Gasteiger charge is 2.57. The smallest absolute Gasteiger partial charge is 0.328 e. The van der Waals surface area contributed by atoms with E-state index in [1.165, 1.54) is 23.2 Å². The van der Waals surface area contributed by atoms with E-state index in [1.54, 1.807) is 6.07 Å². The zero-order valence-electron chi connectivity index (χ0n) is 15.9. The molecule has 3 N–H and O–H groups in total. The lowest BCUT2D eigenvalue weighted by Gasteiger charge is -2.52. The predicted octanol–water partition coefficient (Wildman–Crippen LogP) is 1.92. The molecule has 1 saturated carbocycles. The number of rotatable bonds is 4. The first kappa shape index (κ1) is 18.4. The first-order valence-electron chi connectivity index (χ1n) is 9.64. The van der Waals surface area contributed by atoms with Crippen LogP contribution in [-0.4, -0.2) is 47.5 Å². The van der Waals surface area contributed by atoms with Gasteiger partial charge in [0, 0.05) is 49.8 Å². The molecule has 4 aliphatic rings. The third-order valence-electron chi connectivity index (χ3n) is 5.83. The van der Waals surface area contributed by atoms with Gasteiger partial charge in [-0.15, -0.1) is 0 Å². The number of hydrogen-bond donors (Lipinski definition) is 3. The molecule has 30 heavy (non-hydrogen) atoms. The Labute approximate surface area is 171 Å². The van der Waals surface area contributed by atoms with Crippen LogP contribution < -0.4 is 20.9 Å². The molecule has 2 fully saturated rings. The number of aldehydes is 1. The Morgan fingerprint density at radius 2 is 2.20 bits per heavy atom. The number of nitriles is 1. The molecule has 2 aromatic heterocycles. The highest BCUT2D eigenvalue weighted by molar-refractivity contribution is 6.03. The zero-order valence-corrected chi connectivity index (χ0v) is 15.9. The van der Waals surface area contributed by atoms with Crippen LogP contribution in [0.3, 0.4) is 0 Å². The summed E-state index contributed by atoms with van der Waals surface area (Å²) in [6.45, 7) is 1.58. The summed E-state index contributed by atoms with van der Waals surface area (Å²) in [5.41, 5.74) is -0.0963. The zero-order chi connectivity index (χ0) is 20.9. The van der Waals surface area contributed by atoms with Gasteiger partial charge in [0.1, 0.15) is 29.1 Å². The van der Waals surface area contributed by atoms with Crippen molar-refractivity contribution in [3.05, 3.63) is 41.2 Å². The number of urea groups is 1. The Kier molecular flexibility index (Phi) is 4.15. The Hall–Kier alpha value is -3.58. The number of aromatic nitrogens is 2. The third kappa shape index (κ3) is 2.86. The fraction of sp³-hybridized carbons (Fsp3) is 0.350. The molecular formula is C20H18FN7O2. The van der Waals surface area contributed by atoms with Gasteiger partial charge in [-0.25, -0.2) is 19.2 Å². The molecule has 2 bridgehead atoms. The maximum atomic E-state index is 15.0. The van der Waals surface area contributed by atoms with Crippen molar-refractivity contribution < 1.29 is 14.0 Å². The largest absolute Gasteiger partial charge is 0.379 e. The fourth-order valence-corrected chi connectivity index (χ4v) is 4.10. The molecule has 152 valence electrons. The van der Waals surface area contributed by atoms with Gasteiger partial charge in [-0.3, -0.25) is 15.0 Å². The number of amides is 2. The summed E-state index contributed by atoms with van der Waals surface area (Å²) < 4.78 is 15.0. The normalized spacial score (nSPS) is 24.0. The second-order valence-electron chi connectivity index (χ2n) is 7.78. The molecule has 2 aromatic rings. The molecule has 0 atom stereocenters. The van der Waals surface area contributed by atoms with E-state index in [0.29, 0.717) is 23.1 Å². The van der Waals surface area contributed by atoms with E-state index in [1.807, 2.05) is 0 Å². The summed E-state index contributed by atoms with van der Waals surface area (Å²) in [6, 6.07) is 6.03. The van der Waals surface area contributed by atoms with Crippen LogP contribution in [0, 0.1) is 11.3 Å². The van der Waals surface area contributed by atoms with Gasteiger partial charge in [-0.05, 0) is 12.1 Å². The van der Waals surface area contributed by atoms with Crippen LogP contribution >= 0.6 is 0 Å². The first-order valence-corrected chi connectivity index (χ1v) is 9.64. The van der Waals surface area contributed by atoms with Crippen molar-refractivity contribution in [3.8, 4) is 6.07 Å². The highest BCUT2D eigenvalue weighted by atomic mass is 19.1. The second-order valence-corrected chi connectivity index (χ2v) is 7.78. The van der Waals surface area contributed by atoms with Crippen molar-refractivity contribution in [2.75, 3.05) is 28.6 Å². The van der Waals surface area contributed by atoms with Crippen LogP contribution in [0.4, 0.5) is 26.5 Å². The Balaban J connectivity index is 1.42. The van der Waals surface area contributed by atoms with E-state index in [4.69, 9.17) is 0 Å². The van der Waals surface area contributed by atoms with Crippen LogP contribution in [0.1, 0.15) is 34.5 Å². The van der Waals surface area contributed by atoms with E-state index in [2.05, 4.69) is 32.0 Å². The first-order chi connectivity index (χ1) is 14.5. The van der Waals surface area contributed by atoms with Crippen molar-refractivity contribution >= 4 is 29.6 Å². The number of pyridine rings is 2. The Morgan fingerprint density at radius 1 is 1.40 bits per heavy atom. The minimum absolute atomic E-state index is 0.133. The SMILES string of the molecule is N#Cc1cnc(NC(=O)N2c3nc(C=O)ccc3C3(F)CC2C3)cc1NC1CNC1. The molecule has 1 aliphatic carbocycles. The van der Waals surface area contributed by atoms with Gasteiger partial charge in [0.25, 0.3) is 0 Å². The molecule has 2 amide bonds. The van der Waals surface area contributed by atoms with Crippen LogP contribution in [0.15, 0.2) is 24.4 Å². The molecule has 6 rings (SSSR count). The molecule has 0 radical (unpaired) electrons.